The van der Waals surface area contributed by atoms with Gasteiger partial charge in [-0.1, -0.05) is 53.0 Å². The number of nitrogens with one attached hydrogen (secondary N) is 2. The number of aromatic amines is 1. The SMILES string of the molecule is COC(=O)SC[C@H](NC(=O)OCC(Cl)(Cl)Cl)[C@H]1c2[nH]c3ccccc3c2CCN1O. The number of halogens is 3. The van der Waals surface area contributed by atoms with Crippen LogP contribution >= 0.6 is 46.6 Å². The van der Waals surface area contributed by atoms with E-state index in [0.717, 1.165) is 39.0 Å². The van der Waals surface area contributed by atoms with Crippen LogP contribution in [0.3, 0.4) is 0 Å². The third-order valence-corrected chi connectivity index (χ3v) is 5.91. The van der Waals surface area contributed by atoms with E-state index in [1.807, 2.05) is 24.3 Å². The average molecular weight is 497 g/mol. The Labute approximate surface area is 192 Å². The number of H-pyrrole nitrogens is 1. The van der Waals surface area contributed by atoms with E-state index in [1.54, 1.807) is 0 Å². The Morgan fingerprint density at radius 2 is 2.13 bits per heavy atom. The second-order valence-electron chi connectivity index (χ2n) is 6.63. The van der Waals surface area contributed by atoms with Gasteiger partial charge in [0.2, 0.25) is 3.79 Å². The van der Waals surface area contributed by atoms with Crippen molar-refractivity contribution in [1.29, 1.82) is 0 Å². The number of nitrogens with zero attached hydrogens (tertiary/aromatic N) is 1. The number of rotatable bonds is 5. The van der Waals surface area contributed by atoms with Crippen molar-refractivity contribution < 1.29 is 24.3 Å². The van der Waals surface area contributed by atoms with Crippen molar-refractivity contribution in [3.63, 3.8) is 0 Å². The van der Waals surface area contributed by atoms with Crippen LogP contribution in [0.5, 0.6) is 0 Å². The molecule has 1 aliphatic rings. The molecule has 1 aromatic heterocycles. The van der Waals surface area contributed by atoms with Gasteiger partial charge in [-0.05, 0) is 29.8 Å². The first-order valence-corrected chi connectivity index (χ1v) is 11.1. The van der Waals surface area contributed by atoms with E-state index in [4.69, 9.17) is 39.5 Å². The van der Waals surface area contributed by atoms with Gasteiger partial charge in [0.1, 0.15) is 6.61 Å². The van der Waals surface area contributed by atoms with Gasteiger partial charge in [0.25, 0.3) is 0 Å². The molecule has 3 rings (SSSR count). The van der Waals surface area contributed by atoms with Crippen molar-refractivity contribution in [2.24, 2.45) is 0 Å². The highest BCUT2D eigenvalue weighted by Gasteiger charge is 2.37. The maximum absolute atomic E-state index is 12.3. The fourth-order valence-electron chi connectivity index (χ4n) is 3.43. The molecule has 2 aromatic rings. The number of ether oxygens (including phenoxy) is 2. The summed E-state index contributed by atoms with van der Waals surface area (Å²) in [5.74, 6) is 0.117. The summed E-state index contributed by atoms with van der Waals surface area (Å²) in [6.45, 7) is -0.102. The minimum absolute atomic E-state index is 0.117. The van der Waals surface area contributed by atoms with Crippen molar-refractivity contribution in [2.75, 3.05) is 26.0 Å². The van der Waals surface area contributed by atoms with Crippen LogP contribution in [0.1, 0.15) is 17.3 Å². The van der Waals surface area contributed by atoms with Crippen LogP contribution in [-0.2, 0) is 15.9 Å². The number of aromatic nitrogens is 1. The maximum Gasteiger partial charge on any atom is 0.407 e. The summed E-state index contributed by atoms with van der Waals surface area (Å²) in [6.07, 6.45) is -0.214. The zero-order valence-electron chi connectivity index (χ0n) is 15.9. The topological polar surface area (TPSA) is 104 Å². The number of benzene rings is 1. The Hall–Kier alpha value is -1.36. The first-order chi connectivity index (χ1) is 14.2. The average Bonchev–Trinajstić information content (AvgIpc) is 3.07. The van der Waals surface area contributed by atoms with Gasteiger partial charge in [0.15, 0.2) is 0 Å². The van der Waals surface area contributed by atoms with Crippen LogP contribution in [0.4, 0.5) is 9.59 Å². The fraction of sp³-hybridized carbons (Fsp3) is 0.444. The van der Waals surface area contributed by atoms with Crippen LogP contribution in [-0.4, -0.2) is 62.5 Å². The smallest absolute Gasteiger partial charge is 0.407 e. The molecule has 0 bridgehead atoms. The lowest BCUT2D eigenvalue weighted by Crippen LogP contribution is -2.49. The number of para-hydroxylation sites is 1. The van der Waals surface area contributed by atoms with Crippen molar-refractivity contribution in [1.82, 2.24) is 15.4 Å². The van der Waals surface area contributed by atoms with Gasteiger partial charge in [0, 0.05) is 28.9 Å². The predicted octanol–water partition coefficient (Wildman–Crippen LogP) is 4.42. The number of hydrogen-bond acceptors (Lipinski definition) is 7. The number of hydroxylamine groups is 2. The molecule has 0 radical (unpaired) electrons. The molecule has 12 heteroatoms. The lowest BCUT2D eigenvalue weighted by molar-refractivity contribution is -0.140. The van der Waals surface area contributed by atoms with E-state index in [2.05, 4.69) is 15.0 Å². The van der Waals surface area contributed by atoms with Crippen molar-refractivity contribution >= 4 is 68.9 Å². The maximum atomic E-state index is 12.3. The molecule has 0 unspecified atom stereocenters. The van der Waals surface area contributed by atoms with Gasteiger partial charge in [-0.15, -0.1) is 0 Å². The number of alkyl carbamates (subject to hydrolysis) is 1. The van der Waals surface area contributed by atoms with Gasteiger partial charge in [-0.25, -0.2) is 9.59 Å². The minimum Gasteiger partial charge on any atom is -0.461 e. The molecule has 1 amide bonds. The Bertz CT molecular complexity index is 920. The highest BCUT2D eigenvalue weighted by Crippen LogP contribution is 2.36. The zero-order valence-corrected chi connectivity index (χ0v) is 18.9. The molecule has 1 aliphatic heterocycles. The summed E-state index contributed by atoms with van der Waals surface area (Å²) in [7, 11) is 1.27. The van der Waals surface area contributed by atoms with Crippen LogP contribution < -0.4 is 5.32 Å². The fourth-order valence-corrected chi connectivity index (χ4v) is 4.30. The highest BCUT2D eigenvalue weighted by atomic mass is 35.6. The number of hydrogen-bond donors (Lipinski definition) is 3. The number of thioether (sulfide) groups is 1. The van der Waals surface area contributed by atoms with Crippen molar-refractivity contribution in [3.05, 3.63) is 35.5 Å². The second kappa shape index (κ2) is 9.84. The lowest BCUT2D eigenvalue weighted by atomic mass is 9.95. The summed E-state index contributed by atoms with van der Waals surface area (Å²) in [6, 6.07) is 6.41. The summed E-state index contributed by atoms with van der Waals surface area (Å²) in [5.41, 5.74) is 2.72. The van der Waals surface area contributed by atoms with Gasteiger partial charge in [-0.3, -0.25) is 0 Å². The Morgan fingerprint density at radius 1 is 1.40 bits per heavy atom. The summed E-state index contributed by atoms with van der Waals surface area (Å²) < 4.78 is 7.88. The van der Waals surface area contributed by atoms with E-state index in [-0.39, 0.29) is 5.75 Å². The molecule has 0 aliphatic carbocycles. The van der Waals surface area contributed by atoms with Crippen LogP contribution in [0, 0.1) is 0 Å². The number of amides is 1. The first-order valence-electron chi connectivity index (χ1n) is 8.95. The third kappa shape index (κ3) is 5.66. The Morgan fingerprint density at radius 3 is 2.83 bits per heavy atom. The number of alkyl halides is 3. The van der Waals surface area contributed by atoms with E-state index < -0.39 is 33.9 Å². The molecular formula is C18H20Cl3N3O5S. The number of carbonyl (C=O) groups excluding carboxylic acids is 2. The molecule has 2 heterocycles. The van der Waals surface area contributed by atoms with Crippen molar-refractivity contribution in [2.45, 2.75) is 22.3 Å². The largest absolute Gasteiger partial charge is 0.461 e. The molecule has 2 atom stereocenters. The minimum atomic E-state index is -1.76. The standard InChI is InChI=1S/C18H20Cl3N3O5S/c1-28-17(26)30-8-13(23-16(25)29-9-18(19,20)21)15-14-11(6-7-24(15)27)10-4-2-3-5-12(10)22-14/h2-5,13,15,22,27H,6-9H2,1H3,(H,23,25)/t13-,15-/m0/s1. The summed E-state index contributed by atoms with van der Waals surface area (Å²) >= 11 is 17.7. The van der Waals surface area contributed by atoms with Crippen molar-refractivity contribution in [3.8, 4) is 0 Å². The first kappa shape index (κ1) is 23.3. The lowest BCUT2D eigenvalue weighted by Gasteiger charge is -2.36. The monoisotopic (exact) mass is 495 g/mol. The zero-order chi connectivity index (χ0) is 21.9. The molecule has 0 saturated heterocycles. The Balaban J connectivity index is 1.88. The van der Waals surface area contributed by atoms with Gasteiger partial charge in [0.05, 0.1) is 19.2 Å². The highest BCUT2D eigenvalue weighted by molar-refractivity contribution is 8.13. The van der Waals surface area contributed by atoms with Crippen LogP contribution in [0.15, 0.2) is 24.3 Å². The van der Waals surface area contributed by atoms with Crippen LogP contribution in [0.2, 0.25) is 0 Å². The molecule has 30 heavy (non-hydrogen) atoms. The second-order valence-corrected chi connectivity index (χ2v) is 10.1. The van der Waals surface area contributed by atoms with E-state index in [0.29, 0.717) is 13.0 Å². The molecule has 8 nitrogen and oxygen atoms in total. The summed E-state index contributed by atoms with van der Waals surface area (Å²) in [5, 5.41) is 15.0. The molecule has 1 aromatic carbocycles. The molecule has 0 fully saturated rings. The molecule has 0 saturated carbocycles. The van der Waals surface area contributed by atoms with Gasteiger partial charge in [-0.2, -0.15) is 5.06 Å². The quantitative estimate of drug-likeness (QED) is 0.416. The molecule has 0 spiro atoms. The normalized spacial score (nSPS) is 18.0. The number of methoxy groups -OCH3 is 1. The van der Waals surface area contributed by atoms with Gasteiger partial charge >= 0.3 is 11.4 Å². The van der Waals surface area contributed by atoms with E-state index >= 15 is 0 Å². The molecule has 164 valence electrons. The van der Waals surface area contributed by atoms with Gasteiger partial charge < -0.3 is 25.0 Å². The number of fused-ring (bicyclic) bond motifs is 3. The van der Waals surface area contributed by atoms with Crippen LogP contribution in [0.25, 0.3) is 10.9 Å². The third-order valence-electron chi connectivity index (χ3n) is 4.65. The Kier molecular flexibility index (Phi) is 7.65. The predicted molar refractivity (Wildman–Crippen MR) is 117 cm³/mol. The number of carbonyl (C=O) groups is 2. The molecular weight excluding hydrogens is 477 g/mol. The molecule has 3 N–H and O–H groups in total. The van der Waals surface area contributed by atoms with E-state index in [1.165, 1.54) is 7.11 Å². The summed E-state index contributed by atoms with van der Waals surface area (Å²) in [4.78, 5) is 27.3. The van der Waals surface area contributed by atoms with E-state index in [9.17, 15) is 14.8 Å².